The molecule has 6 nitrogen and oxygen atoms in total. The van der Waals surface area contributed by atoms with E-state index in [1.807, 2.05) is 24.4 Å². The Morgan fingerprint density at radius 3 is 2.95 bits per heavy atom. The first-order valence-corrected chi connectivity index (χ1v) is 8.16. The number of nitrogens with one attached hydrogen (secondary N) is 1. The fraction of sp³-hybridized carbons (Fsp3) is 0.714. The zero-order valence-corrected chi connectivity index (χ0v) is 13.6. The normalized spacial score (nSPS) is 16.3. The van der Waals surface area contributed by atoms with E-state index in [2.05, 4.69) is 15.2 Å². The van der Waals surface area contributed by atoms with Gasteiger partial charge < -0.3 is 15.0 Å². The van der Waals surface area contributed by atoms with Crippen LogP contribution in [0.15, 0.2) is 5.38 Å². The Bertz CT molecular complexity index is 444. The lowest BCUT2D eigenvalue weighted by Crippen LogP contribution is -2.35. The SMILES string of the molecule is CN(C)CCNC(=O)Cc1csc(CN2CCOCC2)n1. The maximum atomic E-state index is 11.8. The molecule has 1 aliphatic heterocycles. The number of likely N-dealkylation sites (N-methyl/N-ethyl adjacent to an activating group) is 1. The van der Waals surface area contributed by atoms with Crippen LogP contribution in [0.4, 0.5) is 0 Å². The fourth-order valence-electron chi connectivity index (χ4n) is 2.10. The van der Waals surface area contributed by atoms with E-state index in [4.69, 9.17) is 4.74 Å². The van der Waals surface area contributed by atoms with Crippen molar-refractivity contribution in [3.05, 3.63) is 16.1 Å². The predicted molar refractivity (Wildman–Crippen MR) is 83.5 cm³/mol. The number of thiazole rings is 1. The highest BCUT2D eigenvalue weighted by atomic mass is 32.1. The van der Waals surface area contributed by atoms with Crippen molar-refractivity contribution in [2.45, 2.75) is 13.0 Å². The van der Waals surface area contributed by atoms with E-state index in [1.54, 1.807) is 11.3 Å². The molecule has 118 valence electrons. The molecular weight excluding hydrogens is 288 g/mol. The zero-order chi connectivity index (χ0) is 15.1. The molecule has 0 aliphatic carbocycles. The predicted octanol–water partition coefficient (Wildman–Crippen LogP) is 0.196. The molecule has 1 aromatic rings. The molecule has 2 rings (SSSR count). The first-order chi connectivity index (χ1) is 10.1. The smallest absolute Gasteiger partial charge is 0.226 e. The largest absolute Gasteiger partial charge is 0.379 e. The minimum Gasteiger partial charge on any atom is -0.379 e. The molecule has 1 N–H and O–H groups in total. The van der Waals surface area contributed by atoms with Crippen LogP contribution >= 0.6 is 11.3 Å². The van der Waals surface area contributed by atoms with Gasteiger partial charge in [-0.2, -0.15) is 0 Å². The van der Waals surface area contributed by atoms with Crippen molar-refractivity contribution in [1.29, 1.82) is 0 Å². The van der Waals surface area contributed by atoms with Crippen LogP contribution in [-0.2, 0) is 22.5 Å². The molecule has 0 unspecified atom stereocenters. The maximum Gasteiger partial charge on any atom is 0.226 e. The van der Waals surface area contributed by atoms with Gasteiger partial charge in [-0.05, 0) is 14.1 Å². The molecule has 1 aliphatic rings. The number of morpholine rings is 1. The molecule has 1 saturated heterocycles. The van der Waals surface area contributed by atoms with Crippen LogP contribution in [0.5, 0.6) is 0 Å². The molecule has 0 bridgehead atoms. The molecule has 7 heteroatoms. The summed E-state index contributed by atoms with van der Waals surface area (Å²) in [5.74, 6) is 0.0417. The number of amides is 1. The van der Waals surface area contributed by atoms with E-state index in [1.165, 1.54) is 0 Å². The first kappa shape index (κ1) is 16.4. The van der Waals surface area contributed by atoms with Gasteiger partial charge in [-0.25, -0.2) is 4.98 Å². The van der Waals surface area contributed by atoms with Crippen LogP contribution in [-0.4, -0.2) is 74.2 Å². The third kappa shape index (κ3) is 6.09. The van der Waals surface area contributed by atoms with Crippen molar-refractivity contribution in [2.75, 3.05) is 53.5 Å². The van der Waals surface area contributed by atoms with Gasteiger partial charge in [-0.3, -0.25) is 9.69 Å². The van der Waals surface area contributed by atoms with E-state index in [-0.39, 0.29) is 5.91 Å². The fourth-order valence-corrected chi connectivity index (χ4v) is 2.93. The molecule has 0 saturated carbocycles. The lowest BCUT2D eigenvalue weighted by Gasteiger charge is -2.25. The minimum absolute atomic E-state index is 0.0417. The van der Waals surface area contributed by atoms with Gasteiger partial charge in [0, 0.05) is 31.6 Å². The first-order valence-electron chi connectivity index (χ1n) is 7.28. The monoisotopic (exact) mass is 312 g/mol. The summed E-state index contributed by atoms with van der Waals surface area (Å²) in [4.78, 5) is 20.7. The summed E-state index contributed by atoms with van der Waals surface area (Å²) in [7, 11) is 3.98. The van der Waals surface area contributed by atoms with Gasteiger partial charge >= 0.3 is 0 Å². The summed E-state index contributed by atoms with van der Waals surface area (Å²) in [6.45, 7) is 5.90. The lowest BCUT2D eigenvalue weighted by atomic mass is 10.3. The average molecular weight is 312 g/mol. The number of ether oxygens (including phenoxy) is 1. The number of carbonyl (C=O) groups excluding carboxylic acids is 1. The summed E-state index contributed by atoms with van der Waals surface area (Å²) >= 11 is 1.63. The Labute approximate surface area is 130 Å². The van der Waals surface area contributed by atoms with Gasteiger partial charge in [-0.1, -0.05) is 0 Å². The molecule has 0 aromatic carbocycles. The van der Waals surface area contributed by atoms with Gasteiger partial charge in [0.15, 0.2) is 0 Å². The highest BCUT2D eigenvalue weighted by Gasteiger charge is 2.13. The standard InChI is InChI=1S/C14H24N4O2S/c1-17(2)4-3-15-13(19)9-12-11-21-14(16-12)10-18-5-7-20-8-6-18/h11H,3-10H2,1-2H3,(H,15,19). The number of nitrogens with zero attached hydrogens (tertiary/aromatic N) is 3. The average Bonchev–Trinajstić information content (AvgIpc) is 2.86. The van der Waals surface area contributed by atoms with Crippen LogP contribution in [0.3, 0.4) is 0 Å². The second-order valence-corrected chi connectivity index (χ2v) is 6.39. The Kier molecular flexibility index (Phi) is 6.56. The number of hydrogen-bond acceptors (Lipinski definition) is 6. The molecule has 0 atom stereocenters. The number of hydrogen-bond donors (Lipinski definition) is 1. The van der Waals surface area contributed by atoms with Gasteiger partial charge in [0.25, 0.3) is 0 Å². The van der Waals surface area contributed by atoms with Crippen molar-refractivity contribution in [2.24, 2.45) is 0 Å². The van der Waals surface area contributed by atoms with Gasteiger partial charge in [0.05, 0.1) is 31.9 Å². The van der Waals surface area contributed by atoms with E-state index in [0.717, 1.165) is 50.1 Å². The maximum absolute atomic E-state index is 11.8. The molecule has 2 heterocycles. The van der Waals surface area contributed by atoms with Gasteiger partial charge in [0.1, 0.15) is 5.01 Å². The molecule has 21 heavy (non-hydrogen) atoms. The van der Waals surface area contributed by atoms with Crippen molar-refractivity contribution in [3.63, 3.8) is 0 Å². The highest BCUT2D eigenvalue weighted by Crippen LogP contribution is 2.13. The summed E-state index contributed by atoms with van der Waals surface area (Å²) in [5.41, 5.74) is 0.866. The summed E-state index contributed by atoms with van der Waals surface area (Å²) in [6.07, 6.45) is 0.368. The molecule has 0 spiro atoms. The molecule has 0 radical (unpaired) electrons. The molecule has 1 amide bonds. The highest BCUT2D eigenvalue weighted by molar-refractivity contribution is 7.09. The van der Waals surface area contributed by atoms with Crippen molar-refractivity contribution >= 4 is 17.2 Å². The minimum atomic E-state index is 0.0417. The van der Waals surface area contributed by atoms with Crippen LogP contribution in [0.1, 0.15) is 10.7 Å². The Hall–Kier alpha value is -1.02. The second kappa shape index (κ2) is 8.43. The number of carbonyl (C=O) groups is 1. The van der Waals surface area contributed by atoms with Gasteiger partial charge in [-0.15, -0.1) is 11.3 Å². The second-order valence-electron chi connectivity index (χ2n) is 5.45. The molecular formula is C14H24N4O2S. The van der Waals surface area contributed by atoms with Crippen LogP contribution in [0, 0.1) is 0 Å². The van der Waals surface area contributed by atoms with E-state index >= 15 is 0 Å². The molecule has 1 fully saturated rings. The number of aromatic nitrogens is 1. The van der Waals surface area contributed by atoms with E-state index < -0.39 is 0 Å². The van der Waals surface area contributed by atoms with Crippen molar-refractivity contribution in [1.82, 2.24) is 20.1 Å². The Morgan fingerprint density at radius 1 is 1.48 bits per heavy atom. The van der Waals surface area contributed by atoms with Crippen molar-refractivity contribution < 1.29 is 9.53 Å². The quantitative estimate of drug-likeness (QED) is 0.779. The summed E-state index contributed by atoms with van der Waals surface area (Å²) in [6, 6.07) is 0. The van der Waals surface area contributed by atoms with Crippen LogP contribution in [0.2, 0.25) is 0 Å². The van der Waals surface area contributed by atoms with Crippen LogP contribution in [0.25, 0.3) is 0 Å². The Morgan fingerprint density at radius 2 is 2.24 bits per heavy atom. The van der Waals surface area contributed by atoms with E-state index in [0.29, 0.717) is 13.0 Å². The third-order valence-corrected chi connectivity index (χ3v) is 4.17. The van der Waals surface area contributed by atoms with E-state index in [9.17, 15) is 4.79 Å². The van der Waals surface area contributed by atoms with Crippen LogP contribution < -0.4 is 5.32 Å². The van der Waals surface area contributed by atoms with Gasteiger partial charge in [0.2, 0.25) is 5.91 Å². The number of rotatable bonds is 7. The van der Waals surface area contributed by atoms with Crippen molar-refractivity contribution in [3.8, 4) is 0 Å². The Balaban J connectivity index is 1.73. The lowest BCUT2D eigenvalue weighted by molar-refractivity contribution is -0.120. The molecule has 1 aromatic heterocycles. The third-order valence-electron chi connectivity index (χ3n) is 3.28. The summed E-state index contributed by atoms with van der Waals surface area (Å²) < 4.78 is 5.33. The summed E-state index contributed by atoms with van der Waals surface area (Å²) in [5, 5.41) is 5.97. The topological polar surface area (TPSA) is 57.7 Å². The zero-order valence-electron chi connectivity index (χ0n) is 12.8.